The standard InChI is InChI=1S/C21H22ClF3N2O2S/c1-13-9-10-15(12-16(13)22)27(20(29)21(23,24)25)18(17-8-5-11-30-17)19(28)26-14-6-3-2-4-7-14/h5,8-12,14,18H,2-4,6-7H2,1H3,(H,26,28)/t18-/m1/s1. The van der Waals surface area contributed by atoms with Gasteiger partial charge in [-0.15, -0.1) is 11.3 Å². The molecule has 1 N–H and O–H groups in total. The molecule has 1 aliphatic rings. The number of hydrogen-bond acceptors (Lipinski definition) is 3. The second-order valence-corrected chi connectivity index (χ2v) is 8.75. The molecule has 0 saturated heterocycles. The average Bonchev–Trinajstić information content (AvgIpc) is 3.22. The van der Waals surface area contributed by atoms with Crippen molar-refractivity contribution in [1.29, 1.82) is 0 Å². The summed E-state index contributed by atoms with van der Waals surface area (Å²) in [4.78, 5) is 26.5. The van der Waals surface area contributed by atoms with E-state index in [0.29, 0.717) is 15.3 Å². The lowest BCUT2D eigenvalue weighted by atomic mass is 9.95. The Hall–Kier alpha value is -2.06. The van der Waals surface area contributed by atoms with Crippen LogP contribution >= 0.6 is 22.9 Å². The van der Waals surface area contributed by atoms with Crippen LogP contribution in [0.1, 0.15) is 48.6 Å². The molecule has 0 bridgehead atoms. The molecule has 1 fully saturated rings. The molecule has 1 aromatic heterocycles. The number of benzene rings is 1. The fraction of sp³-hybridized carbons (Fsp3) is 0.429. The summed E-state index contributed by atoms with van der Waals surface area (Å²) in [5.41, 5.74) is 0.573. The predicted molar refractivity (Wildman–Crippen MR) is 112 cm³/mol. The molecule has 1 heterocycles. The van der Waals surface area contributed by atoms with Crippen molar-refractivity contribution in [3.63, 3.8) is 0 Å². The molecule has 1 saturated carbocycles. The van der Waals surface area contributed by atoms with Gasteiger partial charge in [-0.1, -0.05) is 43.0 Å². The maximum atomic E-state index is 13.5. The van der Waals surface area contributed by atoms with E-state index in [1.54, 1.807) is 24.4 Å². The minimum Gasteiger partial charge on any atom is -0.351 e. The van der Waals surface area contributed by atoms with Crippen molar-refractivity contribution in [3.8, 4) is 0 Å². The third-order valence-corrected chi connectivity index (χ3v) is 6.50. The van der Waals surface area contributed by atoms with Crippen molar-refractivity contribution >= 4 is 40.4 Å². The second-order valence-electron chi connectivity index (χ2n) is 7.37. The highest BCUT2D eigenvalue weighted by Crippen LogP contribution is 2.36. The van der Waals surface area contributed by atoms with E-state index in [9.17, 15) is 22.8 Å². The van der Waals surface area contributed by atoms with Gasteiger partial charge in [-0.2, -0.15) is 13.2 Å². The molecule has 30 heavy (non-hydrogen) atoms. The zero-order valence-corrected chi connectivity index (χ0v) is 17.9. The normalized spacial score (nSPS) is 16.2. The monoisotopic (exact) mass is 458 g/mol. The van der Waals surface area contributed by atoms with E-state index in [-0.39, 0.29) is 16.8 Å². The Bertz CT molecular complexity index is 896. The van der Waals surface area contributed by atoms with Gasteiger partial charge in [0.2, 0.25) is 5.91 Å². The van der Waals surface area contributed by atoms with Crippen LogP contribution in [0.5, 0.6) is 0 Å². The van der Waals surface area contributed by atoms with Crippen LogP contribution in [0.15, 0.2) is 35.7 Å². The summed E-state index contributed by atoms with van der Waals surface area (Å²) >= 11 is 7.25. The third-order valence-electron chi connectivity index (χ3n) is 5.17. The molecule has 1 aliphatic carbocycles. The number of halogens is 4. The Kier molecular flexibility index (Phi) is 7.08. The third kappa shape index (κ3) is 5.16. The number of amides is 2. The highest BCUT2D eigenvalue weighted by Gasteiger charge is 2.48. The van der Waals surface area contributed by atoms with Crippen LogP contribution in [0.25, 0.3) is 0 Å². The van der Waals surface area contributed by atoms with Crippen LogP contribution < -0.4 is 10.2 Å². The van der Waals surface area contributed by atoms with E-state index in [1.165, 1.54) is 18.2 Å². The van der Waals surface area contributed by atoms with Gasteiger partial charge in [0, 0.05) is 21.6 Å². The molecule has 4 nitrogen and oxygen atoms in total. The van der Waals surface area contributed by atoms with Crippen LogP contribution in [0, 0.1) is 6.92 Å². The molecular formula is C21H22ClF3N2O2S. The first-order chi connectivity index (χ1) is 14.2. The molecule has 0 radical (unpaired) electrons. The van der Waals surface area contributed by atoms with Crippen LogP contribution in [0.2, 0.25) is 5.02 Å². The van der Waals surface area contributed by atoms with E-state index in [0.717, 1.165) is 43.4 Å². The molecular weight excluding hydrogens is 437 g/mol. The number of nitrogens with zero attached hydrogens (tertiary/aromatic N) is 1. The van der Waals surface area contributed by atoms with Gasteiger partial charge in [-0.05, 0) is 48.9 Å². The van der Waals surface area contributed by atoms with E-state index >= 15 is 0 Å². The predicted octanol–water partition coefficient (Wildman–Crippen LogP) is 5.80. The molecule has 9 heteroatoms. The minimum atomic E-state index is -5.15. The highest BCUT2D eigenvalue weighted by atomic mass is 35.5. The topological polar surface area (TPSA) is 49.4 Å². The lowest BCUT2D eigenvalue weighted by molar-refractivity contribution is -0.171. The van der Waals surface area contributed by atoms with Crippen molar-refractivity contribution in [2.75, 3.05) is 4.90 Å². The molecule has 162 valence electrons. The molecule has 0 aliphatic heterocycles. The number of thiophene rings is 1. The molecule has 2 aromatic rings. The van der Waals surface area contributed by atoms with Crippen molar-refractivity contribution in [2.45, 2.75) is 57.3 Å². The van der Waals surface area contributed by atoms with Crippen LogP contribution in [-0.4, -0.2) is 24.0 Å². The van der Waals surface area contributed by atoms with Gasteiger partial charge in [0.1, 0.15) is 0 Å². The first-order valence-electron chi connectivity index (χ1n) is 9.69. The Morgan fingerprint density at radius 2 is 1.90 bits per heavy atom. The zero-order chi connectivity index (χ0) is 21.9. The molecule has 0 spiro atoms. The van der Waals surface area contributed by atoms with Gasteiger partial charge in [0.15, 0.2) is 6.04 Å². The second kappa shape index (κ2) is 9.39. The van der Waals surface area contributed by atoms with E-state index in [2.05, 4.69) is 5.32 Å². The number of rotatable bonds is 5. The van der Waals surface area contributed by atoms with Gasteiger partial charge in [-0.3, -0.25) is 14.5 Å². The molecule has 1 atom stereocenters. The molecule has 2 amide bonds. The number of alkyl halides is 3. The Balaban J connectivity index is 2.05. The maximum absolute atomic E-state index is 13.5. The highest BCUT2D eigenvalue weighted by molar-refractivity contribution is 7.10. The van der Waals surface area contributed by atoms with Crippen molar-refractivity contribution in [1.82, 2.24) is 5.32 Å². The summed E-state index contributed by atoms with van der Waals surface area (Å²) in [5, 5.41) is 4.74. The molecule has 1 aromatic carbocycles. The fourth-order valence-corrected chi connectivity index (χ4v) is 4.59. The van der Waals surface area contributed by atoms with Gasteiger partial charge < -0.3 is 5.32 Å². The first-order valence-corrected chi connectivity index (χ1v) is 10.9. The number of hydrogen-bond donors (Lipinski definition) is 1. The zero-order valence-electron chi connectivity index (χ0n) is 16.3. The van der Waals surface area contributed by atoms with E-state index in [4.69, 9.17) is 11.6 Å². The van der Waals surface area contributed by atoms with Gasteiger partial charge in [0.25, 0.3) is 0 Å². The fourth-order valence-electron chi connectivity index (χ4n) is 3.60. The van der Waals surface area contributed by atoms with Gasteiger partial charge in [0.05, 0.1) is 0 Å². The quantitative estimate of drug-likeness (QED) is 0.616. The van der Waals surface area contributed by atoms with Crippen molar-refractivity contribution in [2.24, 2.45) is 0 Å². The number of carbonyl (C=O) groups is 2. The van der Waals surface area contributed by atoms with Crippen molar-refractivity contribution < 1.29 is 22.8 Å². The van der Waals surface area contributed by atoms with Gasteiger partial charge >= 0.3 is 12.1 Å². The maximum Gasteiger partial charge on any atom is 0.471 e. The molecule has 3 rings (SSSR count). The van der Waals surface area contributed by atoms with Gasteiger partial charge in [-0.25, -0.2) is 0 Å². The van der Waals surface area contributed by atoms with Crippen molar-refractivity contribution in [3.05, 3.63) is 51.2 Å². The molecule has 0 unspecified atom stereocenters. The van der Waals surface area contributed by atoms with Crippen LogP contribution in [0.3, 0.4) is 0 Å². The summed E-state index contributed by atoms with van der Waals surface area (Å²) in [6, 6.07) is 5.83. The average molecular weight is 459 g/mol. The summed E-state index contributed by atoms with van der Waals surface area (Å²) < 4.78 is 40.6. The number of carbonyl (C=O) groups excluding carboxylic acids is 2. The van der Waals surface area contributed by atoms with E-state index in [1.807, 2.05) is 0 Å². The number of nitrogens with one attached hydrogen (secondary N) is 1. The summed E-state index contributed by atoms with van der Waals surface area (Å²) in [6.07, 6.45) is -0.640. The summed E-state index contributed by atoms with van der Waals surface area (Å²) in [7, 11) is 0. The Morgan fingerprint density at radius 1 is 1.20 bits per heavy atom. The first kappa shape index (κ1) is 22.6. The van der Waals surface area contributed by atoms with Crippen LogP contribution in [-0.2, 0) is 9.59 Å². The number of aryl methyl sites for hydroxylation is 1. The Labute approximate surface area is 182 Å². The SMILES string of the molecule is Cc1ccc(N(C(=O)C(F)(F)F)[C@@H](C(=O)NC2CCCCC2)c2cccs2)cc1Cl. The lowest BCUT2D eigenvalue weighted by Gasteiger charge is -2.33. The van der Waals surface area contributed by atoms with E-state index < -0.39 is 24.0 Å². The minimum absolute atomic E-state index is 0.0786. The Morgan fingerprint density at radius 3 is 2.47 bits per heavy atom. The smallest absolute Gasteiger partial charge is 0.351 e. The van der Waals surface area contributed by atoms with Crippen LogP contribution in [0.4, 0.5) is 18.9 Å². The lowest BCUT2D eigenvalue weighted by Crippen LogP contribution is -2.50. The largest absolute Gasteiger partial charge is 0.471 e. The summed E-state index contributed by atoms with van der Waals surface area (Å²) in [6.45, 7) is 1.70. The summed E-state index contributed by atoms with van der Waals surface area (Å²) in [5.74, 6) is -2.74. The number of anilines is 1.